The number of ether oxygens (including phenoxy) is 2. The summed E-state index contributed by atoms with van der Waals surface area (Å²) in [5, 5.41) is 14.1. The van der Waals surface area contributed by atoms with Gasteiger partial charge in [-0.1, -0.05) is 30.3 Å². The minimum Gasteiger partial charge on any atom is -0.497 e. The van der Waals surface area contributed by atoms with Gasteiger partial charge in [-0.2, -0.15) is 5.10 Å². The second-order valence-corrected chi connectivity index (χ2v) is 7.67. The predicted octanol–water partition coefficient (Wildman–Crippen LogP) is 2.26. The lowest BCUT2D eigenvalue weighted by Gasteiger charge is -2.50. The van der Waals surface area contributed by atoms with E-state index in [2.05, 4.69) is 10.1 Å². The Hall–Kier alpha value is -4.08. The topological polar surface area (TPSA) is 110 Å². The molecule has 1 aliphatic heterocycles. The van der Waals surface area contributed by atoms with Gasteiger partial charge < -0.3 is 19.5 Å². The van der Waals surface area contributed by atoms with Crippen LogP contribution in [0.2, 0.25) is 0 Å². The summed E-state index contributed by atoms with van der Waals surface area (Å²) in [7, 11) is 3.12. The molecule has 4 rings (SSSR count). The number of carbonyl (C=O) groups excluding carboxylic acids is 1. The van der Waals surface area contributed by atoms with E-state index in [1.54, 1.807) is 42.3 Å². The summed E-state index contributed by atoms with van der Waals surface area (Å²) in [5.41, 5.74) is 1.60. The molecule has 1 saturated heterocycles. The van der Waals surface area contributed by atoms with Gasteiger partial charge in [0.15, 0.2) is 0 Å². The number of hydrogen-bond acceptors (Lipinski definition) is 6. The molecule has 10 heteroatoms. The third-order valence-corrected chi connectivity index (χ3v) is 5.75. The van der Waals surface area contributed by atoms with E-state index in [1.165, 1.54) is 11.2 Å². The van der Waals surface area contributed by atoms with Crippen molar-refractivity contribution < 1.29 is 24.2 Å². The highest BCUT2D eigenvalue weighted by Crippen LogP contribution is 2.33. The van der Waals surface area contributed by atoms with Crippen LogP contribution in [0.4, 0.5) is 4.79 Å². The number of likely N-dealkylation sites (tertiary alicyclic amines) is 1. The van der Waals surface area contributed by atoms with Gasteiger partial charge in [0.1, 0.15) is 30.2 Å². The maximum Gasteiger partial charge on any atom is 0.408 e. The lowest BCUT2D eigenvalue weighted by Crippen LogP contribution is -2.71. The Labute approximate surface area is 191 Å². The minimum absolute atomic E-state index is 0.111. The van der Waals surface area contributed by atoms with Crippen molar-refractivity contribution in [2.45, 2.75) is 31.7 Å². The molecular weight excluding hydrogens is 426 g/mol. The molecule has 1 fully saturated rings. The molecule has 1 N–H and O–H groups in total. The number of carbonyl (C=O) groups is 2. The summed E-state index contributed by atoms with van der Waals surface area (Å²) in [4.78, 5) is 32.2. The van der Waals surface area contributed by atoms with Crippen molar-refractivity contribution in [1.29, 1.82) is 0 Å². The Balaban J connectivity index is 1.61. The molecule has 1 aromatic heterocycles. The molecule has 10 nitrogen and oxygen atoms in total. The van der Waals surface area contributed by atoms with Gasteiger partial charge in [-0.3, -0.25) is 14.4 Å². The van der Waals surface area contributed by atoms with Crippen molar-refractivity contribution in [3.63, 3.8) is 0 Å². The maximum atomic E-state index is 13.3. The quantitative estimate of drug-likeness (QED) is 0.497. The van der Waals surface area contributed by atoms with E-state index in [0.717, 1.165) is 11.1 Å². The van der Waals surface area contributed by atoms with Gasteiger partial charge in [-0.05, 0) is 17.7 Å². The van der Waals surface area contributed by atoms with Crippen molar-refractivity contribution >= 4 is 12.0 Å². The first-order valence-corrected chi connectivity index (χ1v) is 10.4. The van der Waals surface area contributed by atoms with Crippen molar-refractivity contribution in [3.05, 3.63) is 72.3 Å². The van der Waals surface area contributed by atoms with Gasteiger partial charge >= 0.3 is 6.09 Å². The molecule has 0 spiro atoms. The first kappa shape index (κ1) is 22.1. The Bertz CT molecular complexity index is 1110. The molecule has 33 heavy (non-hydrogen) atoms. The predicted molar refractivity (Wildman–Crippen MR) is 118 cm³/mol. The summed E-state index contributed by atoms with van der Waals surface area (Å²) in [6.45, 7) is 0.689. The fraction of sp³-hybridized carbons (Fsp3) is 0.304. The second kappa shape index (κ2) is 9.60. The van der Waals surface area contributed by atoms with Crippen molar-refractivity contribution in [2.75, 3.05) is 14.2 Å². The third kappa shape index (κ3) is 4.59. The molecule has 2 amide bonds. The SMILES string of the molecule is COc1ccc(CN2C(=O)[C@@H](N(Cc3ccccc3)C(=O)O)[C@@H]2Cn2cncn2)c(OC)c1. The number of amides is 2. The first-order valence-electron chi connectivity index (χ1n) is 10.4. The lowest BCUT2D eigenvalue weighted by atomic mass is 9.91. The van der Waals surface area contributed by atoms with Crippen LogP contribution in [0.25, 0.3) is 0 Å². The van der Waals surface area contributed by atoms with E-state index in [1.807, 2.05) is 36.4 Å². The highest BCUT2D eigenvalue weighted by atomic mass is 16.5. The lowest BCUT2D eigenvalue weighted by molar-refractivity contribution is -0.160. The molecule has 3 aromatic rings. The summed E-state index contributed by atoms with van der Waals surface area (Å²) < 4.78 is 12.3. The minimum atomic E-state index is -1.15. The van der Waals surface area contributed by atoms with Crippen molar-refractivity contribution in [1.82, 2.24) is 24.6 Å². The zero-order chi connectivity index (χ0) is 23.4. The zero-order valence-corrected chi connectivity index (χ0v) is 18.4. The van der Waals surface area contributed by atoms with Gasteiger partial charge in [0.05, 0.1) is 26.8 Å². The monoisotopic (exact) mass is 451 g/mol. The molecule has 0 aliphatic carbocycles. The standard InChI is InChI=1S/C23H25N5O5/c1-32-18-9-8-17(20(10-18)33-2)12-27-19(13-26-15-24-14-25-26)21(22(27)29)28(23(30)31)11-16-6-4-3-5-7-16/h3-10,14-15,19,21H,11-13H2,1-2H3,(H,30,31)/t19-,21-/m0/s1. The van der Waals surface area contributed by atoms with Gasteiger partial charge in [-0.15, -0.1) is 0 Å². The number of hydrogen-bond donors (Lipinski definition) is 1. The van der Waals surface area contributed by atoms with Crippen molar-refractivity contribution in [2.24, 2.45) is 0 Å². The number of rotatable bonds is 9. The van der Waals surface area contributed by atoms with Crippen molar-refractivity contribution in [3.8, 4) is 11.5 Å². The highest BCUT2D eigenvalue weighted by molar-refractivity contribution is 5.92. The van der Waals surface area contributed by atoms with Crippen LogP contribution in [0.5, 0.6) is 11.5 Å². The average Bonchev–Trinajstić information content (AvgIpc) is 3.35. The fourth-order valence-electron chi connectivity index (χ4n) is 4.07. The molecule has 0 radical (unpaired) electrons. The molecule has 2 heterocycles. The summed E-state index contributed by atoms with van der Waals surface area (Å²) in [5.74, 6) is 0.961. The maximum absolute atomic E-state index is 13.3. The van der Waals surface area contributed by atoms with Gasteiger partial charge in [-0.25, -0.2) is 9.78 Å². The normalized spacial score (nSPS) is 17.4. The molecule has 1 aliphatic rings. The molecule has 2 atom stereocenters. The Morgan fingerprint density at radius 1 is 1.15 bits per heavy atom. The highest BCUT2D eigenvalue weighted by Gasteiger charge is 2.52. The van der Waals surface area contributed by atoms with Crippen LogP contribution < -0.4 is 9.47 Å². The van der Waals surface area contributed by atoms with Crippen LogP contribution in [0.3, 0.4) is 0 Å². The van der Waals surface area contributed by atoms with E-state index >= 15 is 0 Å². The third-order valence-electron chi connectivity index (χ3n) is 5.75. The van der Waals surface area contributed by atoms with Crippen LogP contribution >= 0.6 is 0 Å². The van der Waals surface area contributed by atoms with E-state index in [-0.39, 0.29) is 19.0 Å². The van der Waals surface area contributed by atoms with Crippen LogP contribution in [0.15, 0.2) is 61.2 Å². The molecule has 0 bridgehead atoms. The van der Waals surface area contributed by atoms with Crippen LogP contribution in [-0.4, -0.2) is 68.0 Å². The van der Waals surface area contributed by atoms with E-state index < -0.39 is 18.2 Å². The molecule has 172 valence electrons. The van der Waals surface area contributed by atoms with E-state index in [0.29, 0.717) is 18.0 Å². The number of aromatic nitrogens is 3. The van der Waals surface area contributed by atoms with E-state index in [4.69, 9.17) is 9.47 Å². The summed E-state index contributed by atoms with van der Waals surface area (Å²) >= 11 is 0. The number of methoxy groups -OCH3 is 2. The largest absolute Gasteiger partial charge is 0.497 e. The Morgan fingerprint density at radius 2 is 1.94 bits per heavy atom. The number of β-lactam (4-membered cyclic amide) rings is 1. The average molecular weight is 451 g/mol. The second-order valence-electron chi connectivity index (χ2n) is 7.67. The Kier molecular flexibility index (Phi) is 6.43. The molecule has 0 saturated carbocycles. The van der Waals surface area contributed by atoms with Gasteiger partial charge in [0, 0.05) is 24.7 Å². The Morgan fingerprint density at radius 3 is 2.58 bits per heavy atom. The van der Waals surface area contributed by atoms with Crippen LogP contribution in [0, 0.1) is 0 Å². The molecule has 2 aromatic carbocycles. The summed E-state index contributed by atoms with van der Waals surface area (Å²) in [6, 6.07) is 13.3. The molecule has 0 unspecified atom stereocenters. The fourth-order valence-corrected chi connectivity index (χ4v) is 4.07. The van der Waals surface area contributed by atoms with Crippen LogP contribution in [0.1, 0.15) is 11.1 Å². The smallest absolute Gasteiger partial charge is 0.408 e. The number of nitrogens with zero attached hydrogens (tertiary/aromatic N) is 5. The number of benzene rings is 2. The molecular formula is C23H25N5O5. The van der Waals surface area contributed by atoms with Crippen LogP contribution in [-0.2, 0) is 24.4 Å². The number of carboxylic acid groups (broad SMARTS) is 1. The van der Waals surface area contributed by atoms with E-state index in [9.17, 15) is 14.7 Å². The summed E-state index contributed by atoms with van der Waals surface area (Å²) in [6.07, 6.45) is 1.81. The first-order chi connectivity index (χ1) is 16.0. The van der Waals surface area contributed by atoms with Gasteiger partial charge in [0.2, 0.25) is 5.91 Å². The zero-order valence-electron chi connectivity index (χ0n) is 18.4. The van der Waals surface area contributed by atoms with Gasteiger partial charge in [0.25, 0.3) is 0 Å².